The maximum absolute atomic E-state index is 13.8. The van der Waals surface area contributed by atoms with Gasteiger partial charge in [-0.25, -0.2) is 9.18 Å². The molecule has 1 saturated heterocycles. The van der Waals surface area contributed by atoms with Crippen molar-refractivity contribution in [1.82, 2.24) is 15.2 Å². The molecule has 0 saturated carbocycles. The largest absolute Gasteiger partial charge is 0.497 e. The van der Waals surface area contributed by atoms with Crippen LogP contribution in [0.25, 0.3) is 10.8 Å². The Morgan fingerprint density at radius 2 is 1.94 bits per heavy atom. The van der Waals surface area contributed by atoms with E-state index in [1.54, 1.807) is 24.4 Å². The fourth-order valence-corrected chi connectivity index (χ4v) is 3.42. The summed E-state index contributed by atoms with van der Waals surface area (Å²) in [5.74, 6) is 2.14. The molecule has 1 aliphatic heterocycles. The smallest absolute Gasteiger partial charge is 0.323 e. The molecule has 164 valence electrons. The topological polar surface area (TPSA) is 102 Å². The average molecular weight is 441 g/mol. The lowest BCUT2D eigenvalue weighted by molar-refractivity contribution is -0.122. The number of carbonyl (C=O) groups is 2. The van der Waals surface area contributed by atoms with Crippen molar-refractivity contribution >= 4 is 22.7 Å². The number of nitrogens with zero attached hydrogens (tertiary/aromatic N) is 1. The lowest BCUT2D eigenvalue weighted by atomic mass is 9.99. The highest BCUT2D eigenvalue weighted by Gasteiger charge is 2.46. The van der Waals surface area contributed by atoms with Crippen molar-refractivity contribution in [2.24, 2.45) is 0 Å². The van der Waals surface area contributed by atoms with Crippen LogP contribution in [0.4, 0.5) is 13.6 Å². The summed E-state index contributed by atoms with van der Waals surface area (Å²) in [6.07, 6.45) is 1.59. The van der Waals surface area contributed by atoms with Crippen molar-refractivity contribution in [1.29, 1.82) is 0 Å². The third-order valence-corrected chi connectivity index (χ3v) is 5.05. The first kappa shape index (κ1) is 21.0. The highest BCUT2D eigenvalue weighted by molar-refractivity contribution is 6.09. The normalized spacial score (nSPS) is 17.5. The van der Waals surface area contributed by atoms with Crippen LogP contribution in [0.15, 0.2) is 36.5 Å². The Hall–Kier alpha value is -4.26. The van der Waals surface area contributed by atoms with Gasteiger partial charge in [-0.05, 0) is 30.3 Å². The third-order valence-electron chi connectivity index (χ3n) is 5.05. The highest BCUT2D eigenvalue weighted by atomic mass is 19.2. The van der Waals surface area contributed by atoms with Gasteiger partial charge in [-0.3, -0.25) is 10.1 Å². The minimum absolute atomic E-state index is 0.0284. The molecule has 0 aliphatic carbocycles. The minimum atomic E-state index is -1.77. The van der Waals surface area contributed by atoms with E-state index in [4.69, 9.17) is 9.47 Å². The number of aromatic nitrogens is 1. The molecule has 3 N–H and O–H groups in total. The number of benzene rings is 2. The van der Waals surface area contributed by atoms with E-state index in [0.717, 1.165) is 6.07 Å². The molecule has 32 heavy (non-hydrogen) atoms. The second-order valence-electron chi connectivity index (χ2n) is 7.07. The lowest BCUT2D eigenvalue weighted by Gasteiger charge is -2.20. The Balaban J connectivity index is 1.77. The third kappa shape index (κ3) is 3.54. The maximum atomic E-state index is 13.8. The van der Waals surface area contributed by atoms with E-state index in [9.17, 15) is 23.5 Å². The molecule has 8 nitrogen and oxygen atoms in total. The molecule has 1 fully saturated rings. The van der Waals surface area contributed by atoms with Crippen LogP contribution in [0, 0.1) is 23.5 Å². The van der Waals surface area contributed by atoms with E-state index in [1.165, 1.54) is 24.9 Å². The Morgan fingerprint density at radius 1 is 1.16 bits per heavy atom. The number of rotatable bonds is 4. The molecular formula is C22H17F2N3O5. The Morgan fingerprint density at radius 3 is 2.59 bits per heavy atom. The summed E-state index contributed by atoms with van der Waals surface area (Å²) < 4.78 is 38.8. The fraction of sp³-hybridized carbons (Fsp3) is 0.182. The van der Waals surface area contributed by atoms with E-state index in [2.05, 4.69) is 22.5 Å². The van der Waals surface area contributed by atoms with Crippen LogP contribution in [0.2, 0.25) is 0 Å². The molecule has 2 aromatic carbocycles. The highest BCUT2D eigenvalue weighted by Crippen LogP contribution is 2.32. The van der Waals surface area contributed by atoms with Crippen LogP contribution in [0.1, 0.15) is 5.56 Å². The monoisotopic (exact) mass is 441 g/mol. The number of methoxy groups -OCH3 is 2. The van der Waals surface area contributed by atoms with Crippen molar-refractivity contribution in [3.63, 3.8) is 0 Å². The van der Waals surface area contributed by atoms with Crippen LogP contribution >= 0.6 is 0 Å². The fourth-order valence-electron chi connectivity index (χ4n) is 3.42. The Labute approximate surface area is 180 Å². The number of imide groups is 1. The molecular weight excluding hydrogens is 424 g/mol. The van der Waals surface area contributed by atoms with Gasteiger partial charge in [0.05, 0.1) is 20.8 Å². The average Bonchev–Trinajstić information content (AvgIpc) is 3.23. The van der Waals surface area contributed by atoms with Gasteiger partial charge in [0.1, 0.15) is 5.75 Å². The molecule has 0 spiro atoms. The molecule has 4 rings (SSSR count). The van der Waals surface area contributed by atoms with Crippen molar-refractivity contribution in [3.8, 4) is 29.2 Å². The number of nitrogens with one attached hydrogen (secondary N) is 2. The number of urea groups is 1. The molecule has 3 aromatic rings. The molecule has 1 aromatic heterocycles. The predicted octanol–water partition coefficient (Wildman–Crippen LogP) is 2.27. The number of aromatic hydroxyl groups is 1. The number of hydrogen-bond donors (Lipinski definition) is 3. The maximum Gasteiger partial charge on any atom is 0.323 e. The van der Waals surface area contributed by atoms with Crippen molar-refractivity contribution < 1.29 is 33.0 Å². The number of hydrogen-bond acceptors (Lipinski definition) is 5. The summed E-state index contributed by atoms with van der Waals surface area (Å²) in [6, 6.07) is 6.30. The van der Waals surface area contributed by atoms with Gasteiger partial charge in [0, 0.05) is 22.5 Å². The zero-order valence-corrected chi connectivity index (χ0v) is 17.0. The van der Waals surface area contributed by atoms with Gasteiger partial charge >= 0.3 is 6.03 Å². The van der Waals surface area contributed by atoms with Crippen molar-refractivity contribution in [2.75, 3.05) is 14.2 Å². The van der Waals surface area contributed by atoms with Crippen LogP contribution in [0.5, 0.6) is 17.4 Å². The molecule has 2 heterocycles. The van der Waals surface area contributed by atoms with Gasteiger partial charge < -0.3 is 24.5 Å². The van der Waals surface area contributed by atoms with E-state index in [0.29, 0.717) is 16.5 Å². The van der Waals surface area contributed by atoms with Gasteiger partial charge in [-0.1, -0.05) is 11.8 Å². The summed E-state index contributed by atoms with van der Waals surface area (Å²) in [4.78, 5) is 24.5. The first-order valence-electron chi connectivity index (χ1n) is 9.32. The van der Waals surface area contributed by atoms with Crippen LogP contribution in [-0.4, -0.2) is 41.4 Å². The van der Waals surface area contributed by atoms with Gasteiger partial charge in [0.2, 0.25) is 11.4 Å². The summed E-state index contributed by atoms with van der Waals surface area (Å²) in [5, 5.41) is 16.4. The lowest BCUT2D eigenvalue weighted by Crippen LogP contribution is -2.49. The summed E-state index contributed by atoms with van der Waals surface area (Å²) >= 11 is 0. The van der Waals surface area contributed by atoms with Gasteiger partial charge in [-0.2, -0.15) is 4.39 Å². The summed E-state index contributed by atoms with van der Waals surface area (Å²) in [5.41, 5.74) is -1.74. The number of halogens is 2. The molecule has 1 aliphatic rings. The van der Waals surface area contributed by atoms with Crippen LogP contribution in [-0.2, 0) is 11.3 Å². The molecule has 10 heteroatoms. The van der Waals surface area contributed by atoms with E-state index >= 15 is 0 Å². The molecule has 0 unspecified atom stereocenters. The first-order chi connectivity index (χ1) is 15.3. The summed E-state index contributed by atoms with van der Waals surface area (Å²) in [7, 11) is 2.67. The SMILES string of the molecule is COc1ccc2cn(C[C@@]3(C#Cc4cc(F)c(F)c(OC)c4)NC(=O)NC3=O)c(O)c2c1. The first-order valence-corrected chi connectivity index (χ1v) is 9.32. The number of ether oxygens (including phenoxy) is 2. The standard InChI is InChI=1S/C22H17F2N3O5/c1-31-14-4-3-13-10-27(19(28)15(13)9-14)11-22(20(29)25-21(30)26-22)6-5-12-7-16(23)18(24)17(8-12)32-2/h3-4,7-10,28H,11H2,1-2H3,(H2,25,26,29,30)/t22-/m1/s1. The Bertz CT molecular complexity index is 1320. The van der Waals surface area contributed by atoms with Gasteiger partial charge in [0.25, 0.3) is 5.91 Å². The van der Waals surface area contributed by atoms with Crippen LogP contribution in [0.3, 0.4) is 0 Å². The molecule has 0 radical (unpaired) electrons. The molecule has 1 atom stereocenters. The second kappa shape index (κ2) is 7.77. The van der Waals surface area contributed by atoms with Crippen molar-refractivity contribution in [3.05, 3.63) is 53.7 Å². The van der Waals surface area contributed by atoms with Crippen molar-refractivity contribution in [2.45, 2.75) is 12.1 Å². The zero-order chi connectivity index (χ0) is 23.0. The van der Waals surface area contributed by atoms with E-state index in [1.807, 2.05) is 0 Å². The second-order valence-corrected chi connectivity index (χ2v) is 7.07. The molecule has 3 amide bonds. The van der Waals surface area contributed by atoms with E-state index in [-0.39, 0.29) is 23.7 Å². The minimum Gasteiger partial charge on any atom is -0.497 e. The predicted molar refractivity (Wildman–Crippen MR) is 109 cm³/mol. The number of carbonyl (C=O) groups excluding carboxylic acids is 2. The quantitative estimate of drug-likeness (QED) is 0.426. The zero-order valence-electron chi connectivity index (χ0n) is 17.0. The van der Waals surface area contributed by atoms with E-state index < -0.39 is 29.1 Å². The Kier molecular flexibility index (Phi) is 5.10. The van der Waals surface area contributed by atoms with Gasteiger partial charge in [0.15, 0.2) is 17.4 Å². The number of fused-ring (bicyclic) bond motifs is 1. The van der Waals surface area contributed by atoms with Gasteiger partial charge in [-0.15, -0.1) is 0 Å². The summed E-state index contributed by atoms with van der Waals surface area (Å²) in [6.45, 7) is -0.249. The number of amides is 3. The molecule has 0 bridgehead atoms. The van der Waals surface area contributed by atoms with Crippen LogP contribution < -0.4 is 20.1 Å².